The Hall–Kier alpha value is -3.74. The van der Waals surface area contributed by atoms with Gasteiger partial charge in [-0.1, -0.05) is 30.3 Å². The van der Waals surface area contributed by atoms with Gasteiger partial charge >= 0.3 is 5.97 Å². The largest absolute Gasteiger partial charge is 0.478 e. The van der Waals surface area contributed by atoms with Crippen LogP contribution < -0.4 is 10.6 Å². The second-order valence-corrected chi connectivity index (χ2v) is 6.07. The normalized spacial score (nSPS) is 10.5. The third kappa shape index (κ3) is 4.32. The lowest BCUT2D eigenvalue weighted by molar-refractivity contribution is 0.0691. The summed E-state index contributed by atoms with van der Waals surface area (Å²) >= 11 is 0. The van der Waals surface area contributed by atoms with Crippen molar-refractivity contribution < 1.29 is 23.9 Å². The van der Waals surface area contributed by atoms with Gasteiger partial charge < -0.3 is 15.7 Å². The highest BCUT2D eigenvalue weighted by Crippen LogP contribution is 2.20. The molecule has 0 radical (unpaired) electrons. The quantitative estimate of drug-likeness (QED) is 0.573. The number of benzene rings is 3. The van der Waals surface area contributed by atoms with Crippen molar-refractivity contribution >= 4 is 28.6 Å². The Kier molecular flexibility index (Phi) is 5.64. The summed E-state index contributed by atoms with van der Waals surface area (Å²) in [4.78, 5) is 35.9. The zero-order valence-electron chi connectivity index (χ0n) is 14.7. The fraction of sp³-hybridized carbons (Fsp3) is 0.0952. The minimum absolute atomic E-state index is 0.0441. The SMILES string of the molecule is O=C(NCCNC(=O)c1cc2ccccc2cc1C(=O)O)c1cccc(F)c1. The van der Waals surface area contributed by atoms with Crippen LogP contribution in [0.4, 0.5) is 4.39 Å². The standard InChI is InChI=1S/C21H17FN2O4/c22-16-7-3-6-15(10-16)19(25)23-8-9-24-20(26)17-11-13-4-1-2-5-14(13)12-18(17)21(27)28/h1-7,10-12H,8-9H2,(H,23,25)(H,24,26)(H,27,28). The highest BCUT2D eigenvalue weighted by atomic mass is 19.1. The molecule has 0 atom stereocenters. The number of rotatable bonds is 6. The number of hydrogen-bond acceptors (Lipinski definition) is 3. The van der Waals surface area contributed by atoms with E-state index in [9.17, 15) is 23.9 Å². The molecule has 0 unspecified atom stereocenters. The molecule has 0 aliphatic heterocycles. The Balaban J connectivity index is 1.64. The third-order valence-electron chi connectivity index (χ3n) is 4.14. The topological polar surface area (TPSA) is 95.5 Å². The summed E-state index contributed by atoms with van der Waals surface area (Å²) in [6.45, 7) is 0.197. The number of hydrogen-bond donors (Lipinski definition) is 3. The number of aromatic carboxylic acids is 1. The maximum atomic E-state index is 13.1. The van der Waals surface area contributed by atoms with Crippen molar-refractivity contribution in [2.45, 2.75) is 0 Å². The summed E-state index contributed by atoms with van der Waals surface area (Å²) in [5.74, 6) is -2.73. The van der Waals surface area contributed by atoms with Crippen molar-refractivity contribution in [3.8, 4) is 0 Å². The van der Waals surface area contributed by atoms with Crippen LogP contribution in [0.25, 0.3) is 10.8 Å². The van der Waals surface area contributed by atoms with E-state index in [-0.39, 0.29) is 29.8 Å². The van der Waals surface area contributed by atoms with Gasteiger partial charge in [-0.3, -0.25) is 9.59 Å². The van der Waals surface area contributed by atoms with E-state index in [2.05, 4.69) is 10.6 Å². The van der Waals surface area contributed by atoms with E-state index in [0.717, 1.165) is 16.8 Å². The van der Waals surface area contributed by atoms with E-state index >= 15 is 0 Å². The molecule has 0 aliphatic rings. The van der Waals surface area contributed by atoms with E-state index in [1.807, 2.05) is 0 Å². The summed E-state index contributed by atoms with van der Waals surface area (Å²) < 4.78 is 13.1. The molecule has 0 fully saturated rings. The number of fused-ring (bicyclic) bond motifs is 1. The van der Waals surface area contributed by atoms with Crippen LogP contribution in [0.5, 0.6) is 0 Å². The summed E-state index contributed by atoms with van der Waals surface area (Å²) in [5.41, 5.74) is 0.122. The lowest BCUT2D eigenvalue weighted by atomic mass is 10.0. The van der Waals surface area contributed by atoms with Crippen LogP contribution in [0.2, 0.25) is 0 Å². The molecule has 2 amide bonds. The first kappa shape index (κ1) is 19.0. The van der Waals surface area contributed by atoms with Gasteiger partial charge in [-0.2, -0.15) is 0 Å². The average Bonchev–Trinajstić information content (AvgIpc) is 2.69. The molecule has 3 aromatic carbocycles. The van der Waals surface area contributed by atoms with E-state index in [0.29, 0.717) is 0 Å². The molecule has 0 saturated carbocycles. The van der Waals surface area contributed by atoms with Crippen molar-refractivity contribution in [3.63, 3.8) is 0 Å². The van der Waals surface area contributed by atoms with Gasteiger partial charge in [0, 0.05) is 18.7 Å². The van der Waals surface area contributed by atoms with Crippen LogP contribution in [-0.4, -0.2) is 36.0 Å². The first-order valence-corrected chi connectivity index (χ1v) is 8.54. The zero-order chi connectivity index (χ0) is 20.1. The average molecular weight is 380 g/mol. The van der Waals surface area contributed by atoms with Gasteiger partial charge in [0.25, 0.3) is 11.8 Å². The van der Waals surface area contributed by atoms with Crippen LogP contribution in [-0.2, 0) is 0 Å². The molecule has 0 heterocycles. The molecule has 7 heteroatoms. The Morgan fingerprint density at radius 3 is 2.00 bits per heavy atom. The number of nitrogens with one attached hydrogen (secondary N) is 2. The molecule has 0 spiro atoms. The summed E-state index contributed by atoms with van der Waals surface area (Å²) in [5, 5.41) is 16.0. The Morgan fingerprint density at radius 2 is 1.39 bits per heavy atom. The fourth-order valence-electron chi connectivity index (χ4n) is 2.78. The van der Waals surface area contributed by atoms with E-state index in [4.69, 9.17) is 0 Å². The van der Waals surface area contributed by atoms with Gasteiger partial charge in [-0.05, 0) is 41.1 Å². The van der Waals surface area contributed by atoms with Gasteiger partial charge in [-0.25, -0.2) is 9.18 Å². The number of carbonyl (C=O) groups is 3. The third-order valence-corrected chi connectivity index (χ3v) is 4.14. The molecule has 3 rings (SSSR count). The Morgan fingerprint density at radius 1 is 0.786 bits per heavy atom. The predicted molar refractivity (Wildman–Crippen MR) is 102 cm³/mol. The number of carbonyl (C=O) groups excluding carboxylic acids is 2. The minimum atomic E-state index is -1.20. The predicted octanol–water partition coefficient (Wildman–Crippen LogP) is 2.84. The van der Waals surface area contributed by atoms with Crippen LogP contribution in [0.1, 0.15) is 31.1 Å². The lowest BCUT2D eigenvalue weighted by Gasteiger charge is -2.10. The van der Waals surface area contributed by atoms with Gasteiger partial charge in [0.1, 0.15) is 5.82 Å². The molecule has 6 nitrogen and oxygen atoms in total. The molecule has 0 aliphatic carbocycles. The van der Waals surface area contributed by atoms with Crippen LogP contribution in [0, 0.1) is 5.82 Å². The lowest BCUT2D eigenvalue weighted by Crippen LogP contribution is -2.35. The fourth-order valence-corrected chi connectivity index (χ4v) is 2.78. The molecule has 0 saturated heterocycles. The first-order chi connectivity index (χ1) is 13.5. The van der Waals surface area contributed by atoms with Crippen molar-refractivity contribution in [1.82, 2.24) is 10.6 Å². The number of carboxylic acids is 1. The maximum Gasteiger partial charge on any atom is 0.336 e. The number of carboxylic acid groups (broad SMARTS) is 1. The molecule has 28 heavy (non-hydrogen) atoms. The highest BCUT2D eigenvalue weighted by Gasteiger charge is 2.17. The minimum Gasteiger partial charge on any atom is -0.478 e. The first-order valence-electron chi connectivity index (χ1n) is 8.54. The summed E-state index contributed by atoms with van der Waals surface area (Å²) in [7, 11) is 0. The van der Waals surface area contributed by atoms with Gasteiger partial charge in [-0.15, -0.1) is 0 Å². The molecule has 3 N–H and O–H groups in total. The summed E-state index contributed by atoms with van der Waals surface area (Å²) in [6, 6.07) is 15.4. The molecule has 0 bridgehead atoms. The summed E-state index contributed by atoms with van der Waals surface area (Å²) in [6.07, 6.45) is 0. The molecule has 142 valence electrons. The smallest absolute Gasteiger partial charge is 0.336 e. The zero-order valence-corrected chi connectivity index (χ0v) is 14.7. The van der Waals surface area contributed by atoms with Crippen molar-refractivity contribution in [3.05, 3.63) is 83.2 Å². The Bertz CT molecular complexity index is 1070. The van der Waals surface area contributed by atoms with Crippen LogP contribution in [0.3, 0.4) is 0 Å². The van der Waals surface area contributed by atoms with Crippen molar-refractivity contribution in [2.24, 2.45) is 0 Å². The van der Waals surface area contributed by atoms with Gasteiger partial charge in [0.15, 0.2) is 0 Å². The van der Waals surface area contributed by atoms with Crippen LogP contribution in [0.15, 0.2) is 60.7 Å². The van der Waals surface area contributed by atoms with Crippen LogP contribution >= 0.6 is 0 Å². The Labute approximate surface area is 160 Å². The second-order valence-electron chi connectivity index (χ2n) is 6.07. The van der Waals surface area contributed by atoms with Crippen molar-refractivity contribution in [2.75, 3.05) is 13.1 Å². The number of amides is 2. The maximum absolute atomic E-state index is 13.1. The second kappa shape index (κ2) is 8.30. The van der Waals surface area contributed by atoms with E-state index in [1.54, 1.807) is 24.3 Å². The molecule has 3 aromatic rings. The van der Waals surface area contributed by atoms with E-state index < -0.39 is 23.6 Å². The van der Waals surface area contributed by atoms with E-state index in [1.165, 1.54) is 30.3 Å². The van der Waals surface area contributed by atoms with Gasteiger partial charge in [0.2, 0.25) is 0 Å². The van der Waals surface area contributed by atoms with Gasteiger partial charge in [0.05, 0.1) is 11.1 Å². The molecular weight excluding hydrogens is 363 g/mol. The monoisotopic (exact) mass is 380 g/mol. The van der Waals surface area contributed by atoms with Crippen molar-refractivity contribution in [1.29, 1.82) is 0 Å². The number of halogens is 1. The molecular formula is C21H17FN2O4. The molecule has 0 aromatic heterocycles. The highest BCUT2D eigenvalue weighted by molar-refractivity contribution is 6.08.